The lowest BCUT2D eigenvalue weighted by molar-refractivity contribution is 0.103. The van der Waals surface area contributed by atoms with Gasteiger partial charge in [0.1, 0.15) is 15.5 Å². The minimum absolute atomic E-state index is 0.123. The van der Waals surface area contributed by atoms with E-state index in [9.17, 15) is 9.18 Å². The Balaban J connectivity index is 1.68. The molecule has 1 aliphatic carbocycles. The largest absolute Gasteiger partial charge is 0.397 e. The summed E-state index contributed by atoms with van der Waals surface area (Å²) < 4.78 is 14.6. The van der Waals surface area contributed by atoms with Crippen molar-refractivity contribution in [1.29, 1.82) is 0 Å². The minimum Gasteiger partial charge on any atom is -0.397 e. The van der Waals surface area contributed by atoms with Crippen molar-refractivity contribution in [3.05, 3.63) is 50.7 Å². The number of hydrogen-bond acceptors (Lipinski definition) is 4. The van der Waals surface area contributed by atoms with Crippen LogP contribution in [0.25, 0.3) is 10.2 Å². The zero-order valence-electron chi connectivity index (χ0n) is 14.8. The number of carbonyl (C=O) groups excluding carboxylic acids is 1. The average Bonchev–Trinajstić information content (AvgIpc) is 2.97. The molecule has 3 N–H and O–H groups in total. The van der Waals surface area contributed by atoms with E-state index in [4.69, 9.17) is 10.7 Å². The van der Waals surface area contributed by atoms with Gasteiger partial charge in [-0.1, -0.05) is 29.3 Å². The first-order valence-corrected chi connectivity index (χ1v) is 10.5. The van der Waals surface area contributed by atoms with E-state index in [-0.39, 0.29) is 5.69 Å². The maximum absolute atomic E-state index is 14.0. The van der Waals surface area contributed by atoms with Gasteiger partial charge in [0.2, 0.25) is 0 Å². The second kappa shape index (κ2) is 7.20. The number of pyridine rings is 1. The molecule has 27 heavy (non-hydrogen) atoms. The van der Waals surface area contributed by atoms with E-state index in [1.54, 1.807) is 6.07 Å². The number of carbonyl (C=O) groups is 1. The third-order valence-corrected chi connectivity index (χ3v) is 6.76. The second-order valence-electron chi connectivity index (χ2n) is 6.89. The lowest BCUT2D eigenvalue weighted by atomic mass is 9.85. The molecule has 7 heteroatoms. The molecule has 0 unspecified atom stereocenters. The van der Waals surface area contributed by atoms with Crippen LogP contribution >= 0.6 is 27.3 Å². The van der Waals surface area contributed by atoms with Gasteiger partial charge in [0.05, 0.1) is 11.4 Å². The van der Waals surface area contributed by atoms with Crippen LogP contribution in [0, 0.1) is 11.7 Å². The van der Waals surface area contributed by atoms with E-state index in [1.165, 1.54) is 29.0 Å². The highest BCUT2D eigenvalue weighted by Crippen LogP contribution is 2.37. The first-order valence-electron chi connectivity index (χ1n) is 8.93. The van der Waals surface area contributed by atoms with Gasteiger partial charge in [-0.05, 0) is 55.0 Å². The van der Waals surface area contributed by atoms with Crippen molar-refractivity contribution in [1.82, 2.24) is 4.98 Å². The molecule has 1 amide bonds. The number of nitrogens with zero attached hydrogens (tertiary/aromatic N) is 1. The fraction of sp³-hybridized carbons (Fsp3) is 0.300. The lowest BCUT2D eigenvalue weighted by Crippen LogP contribution is -2.14. The van der Waals surface area contributed by atoms with Crippen LogP contribution in [-0.4, -0.2) is 10.9 Å². The molecule has 2 aromatic heterocycles. The molecule has 0 radical (unpaired) electrons. The number of benzene rings is 1. The molecule has 2 heterocycles. The van der Waals surface area contributed by atoms with E-state index in [1.807, 2.05) is 0 Å². The van der Waals surface area contributed by atoms with E-state index >= 15 is 0 Å². The van der Waals surface area contributed by atoms with Crippen molar-refractivity contribution in [3.63, 3.8) is 0 Å². The summed E-state index contributed by atoms with van der Waals surface area (Å²) in [5.74, 6) is -0.238. The van der Waals surface area contributed by atoms with E-state index in [0.29, 0.717) is 21.0 Å². The highest BCUT2D eigenvalue weighted by Gasteiger charge is 2.23. The Kier molecular flexibility index (Phi) is 4.90. The molecule has 1 aliphatic rings. The Labute approximate surface area is 169 Å². The molecule has 1 aromatic carbocycles. The molecule has 0 aliphatic heterocycles. The summed E-state index contributed by atoms with van der Waals surface area (Å²) in [6, 6.07) is 6.58. The fourth-order valence-electron chi connectivity index (χ4n) is 3.55. The number of halogens is 2. The van der Waals surface area contributed by atoms with Gasteiger partial charge in [-0.2, -0.15) is 0 Å². The Morgan fingerprint density at radius 2 is 2.26 bits per heavy atom. The Morgan fingerprint density at radius 1 is 1.44 bits per heavy atom. The summed E-state index contributed by atoms with van der Waals surface area (Å²) in [5, 5.41) is 3.43. The number of nitrogens with one attached hydrogen (secondary N) is 1. The minimum atomic E-state index is -0.503. The highest BCUT2D eigenvalue weighted by molar-refractivity contribution is 9.10. The number of rotatable bonds is 3. The topological polar surface area (TPSA) is 68.0 Å². The number of amides is 1. The summed E-state index contributed by atoms with van der Waals surface area (Å²) in [7, 11) is 0. The standard InChI is InChI=1S/C20H19BrFN3OS/c1-2-10-3-5-15-11(7-10)8-13-17(23)18(27-20(13)25-15)19(26)24-16-6-4-12(21)9-14(16)22/h4,6,8-10H,2-3,5,7,23H2,1H3,(H,24,26)/t10-/m0/s1. The maximum atomic E-state index is 14.0. The van der Waals surface area contributed by atoms with E-state index in [0.717, 1.165) is 41.6 Å². The Hall–Kier alpha value is -1.99. The monoisotopic (exact) mass is 447 g/mol. The van der Waals surface area contributed by atoms with Crippen molar-refractivity contribution in [2.75, 3.05) is 11.1 Å². The number of anilines is 2. The SMILES string of the molecule is CC[C@H]1CCc2nc3sc(C(=O)Nc4ccc(Br)cc4F)c(N)c3cc2C1. The van der Waals surface area contributed by atoms with Gasteiger partial charge in [-0.3, -0.25) is 4.79 Å². The first kappa shape index (κ1) is 18.4. The molecule has 1 atom stereocenters. The summed E-state index contributed by atoms with van der Waals surface area (Å²) in [6.07, 6.45) is 4.28. The van der Waals surface area contributed by atoms with Crippen LogP contribution in [0.1, 0.15) is 40.7 Å². The number of hydrogen-bond donors (Lipinski definition) is 2. The average molecular weight is 448 g/mol. The van der Waals surface area contributed by atoms with Crippen LogP contribution in [0.5, 0.6) is 0 Å². The maximum Gasteiger partial charge on any atom is 0.268 e. The van der Waals surface area contributed by atoms with Gasteiger partial charge in [-0.25, -0.2) is 9.37 Å². The van der Waals surface area contributed by atoms with Crippen LogP contribution in [-0.2, 0) is 12.8 Å². The number of thiophene rings is 1. The molecule has 140 valence electrons. The quantitative estimate of drug-likeness (QED) is 0.552. The van der Waals surface area contributed by atoms with Gasteiger partial charge in [0, 0.05) is 15.6 Å². The third kappa shape index (κ3) is 3.46. The molecule has 0 fully saturated rings. The van der Waals surface area contributed by atoms with Crippen molar-refractivity contribution >= 4 is 54.8 Å². The predicted molar refractivity (Wildman–Crippen MR) is 112 cm³/mol. The van der Waals surface area contributed by atoms with Crippen molar-refractivity contribution in [2.45, 2.75) is 32.6 Å². The van der Waals surface area contributed by atoms with Crippen LogP contribution < -0.4 is 11.1 Å². The van der Waals surface area contributed by atoms with Crippen molar-refractivity contribution < 1.29 is 9.18 Å². The predicted octanol–water partition coefficient (Wildman–Crippen LogP) is 5.55. The second-order valence-corrected chi connectivity index (χ2v) is 8.80. The fourth-order valence-corrected chi connectivity index (χ4v) is 4.88. The smallest absolute Gasteiger partial charge is 0.268 e. The zero-order valence-corrected chi connectivity index (χ0v) is 17.2. The third-order valence-electron chi connectivity index (χ3n) is 5.15. The molecule has 0 saturated heterocycles. The summed E-state index contributed by atoms with van der Waals surface area (Å²) in [5.41, 5.74) is 9.15. The van der Waals surface area contributed by atoms with Crippen LogP contribution in [0.2, 0.25) is 0 Å². The molecule has 0 bridgehead atoms. The van der Waals surface area contributed by atoms with Gasteiger partial charge >= 0.3 is 0 Å². The molecule has 4 rings (SSSR count). The van der Waals surface area contributed by atoms with Crippen molar-refractivity contribution in [3.8, 4) is 0 Å². The van der Waals surface area contributed by atoms with Crippen LogP contribution in [0.15, 0.2) is 28.7 Å². The van der Waals surface area contributed by atoms with E-state index < -0.39 is 11.7 Å². The Bertz CT molecular complexity index is 1050. The van der Waals surface area contributed by atoms with Gasteiger partial charge in [-0.15, -0.1) is 11.3 Å². The number of aryl methyl sites for hydroxylation is 1. The molecular formula is C20H19BrFN3OS. The van der Waals surface area contributed by atoms with Crippen molar-refractivity contribution in [2.24, 2.45) is 5.92 Å². The zero-order chi connectivity index (χ0) is 19.1. The van der Waals surface area contributed by atoms with E-state index in [2.05, 4.69) is 34.2 Å². The highest BCUT2D eigenvalue weighted by atomic mass is 79.9. The van der Waals surface area contributed by atoms with Gasteiger partial charge < -0.3 is 11.1 Å². The summed E-state index contributed by atoms with van der Waals surface area (Å²) >= 11 is 4.46. The molecule has 0 spiro atoms. The molecular weight excluding hydrogens is 429 g/mol. The molecule has 4 nitrogen and oxygen atoms in total. The normalized spacial score (nSPS) is 16.3. The number of nitrogen functional groups attached to an aromatic ring is 1. The Morgan fingerprint density at radius 3 is 3.00 bits per heavy atom. The number of nitrogens with two attached hydrogens (primary N) is 1. The first-order chi connectivity index (χ1) is 13.0. The molecule has 3 aromatic rings. The van der Waals surface area contributed by atoms with Crippen LogP contribution in [0.3, 0.4) is 0 Å². The van der Waals surface area contributed by atoms with Gasteiger partial charge in [0.25, 0.3) is 5.91 Å². The summed E-state index contributed by atoms with van der Waals surface area (Å²) in [4.78, 5) is 18.6. The molecule has 0 saturated carbocycles. The number of aromatic nitrogens is 1. The number of fused-ring (bicyclic) bond motifs is 2. The lowest BCUT2D eigenvalue weighted by Gasteiger charge is -2.22. The van der Waals surface area contributed by atoms with Gasteiger partial charge in [0.15, 0.2) is 0 Å². The summed E-state index contributed by atoms with van der Waals surface area (Å²) in [6.45, 7) is 2.21. The van der Waals surface area contributed by atoms with Crippen LogP contribution in [0.4, 0.5) is 15.8 Å².